The summed E-state index contributed by atoms with van der Waals surface area (Å²) in [7, 11) is 0. The first kappa shape index (κ1) is 25.2. The van der Waals surface area contributed by atoms with Gasteiger partial charge in [0, 0.05) is 23.3 Å². The second kappa shape index (κ2) is 11.2. The number of ether oxygens (including phenoxy) is 2. The van der Waals surface area contributed by atoms with Crippen LogP contribution in [0.4, 0.5) is 17.6 Å². The minimum absolute atomic E-state index is 0.0114. The first-order valence-electron chi connectivity index (χ1n) is 11.8. The third-order valence-electron chi connectivity index (χ3n) is 6.58. The van der Waals surface area contributed by atoms with Crippen LogP contribution in [0.2, 0.25) is 0 Å². The van der Waals surface area contributed by atoms with Gasteiger partial charge in [0.2, 0.25) is 0 Å². The van der Waals surface area contributed by atoms with E-state index in [9.17, 15) is 22.7 Å². The molecule has 0 spiro atoms. The largest absolute Gasteiger partial charge is 0.508 e. The van der Waals surface area contributed by atoms with Crippen molar-refractivity contribution in [1.29, 1.82) is 0 Å². The zero-order valence-electron chi connectivity index (χ0n) is 19.5. The molecule has 1 aliphatic carbocycles. The molecule has 4 rings (SSSR count). The van der Waals surface area contributed by atoms with Crippen molar-refractivity contribution < 1.29 is 32.1 Å². The van der Waals surface area contributed by atoms with E-state index in [1.54, 1.807) is 19.1 Å². The fourth-order valence-corrected chi connectivity index (χ4v) is 4.56. The Morgan fingerprint density at radius 1 is 0.743 bits per heavy atom. The third kappa shape index (κ3) is 5.68. The number of rotatable bonds is 8. The Bertz CT molecular complexity index is 1160. The Balaban J connectivity index is 1.36. The van der Waals surface area contributed by atoms with E-state index in [0.717, 1.165) is 0 Å². The molecular weight excluding hydrogens is 460 g/mol. The molecule has 7 heteroatoms. The lowest BCUT2D eigenvalue weighted by molar-refractivity contribution is 0.0116. The van der Waals surface area contributed by atoms with Gasteiger partial charge < -0.3 is 14.6 Å². The summed E-state index contributed by atoms with van der Waals surface area (Å²) < 4.78 is 69.3. The number of aromatic hydroxyl groups is 1. The number of benzene rings is 3. The summed E-state index contributed by atoms with van der Waals surface area (Å²) in [6.45, 7) is 2.14. The molecule has 1 N–H and O–H groups in total. The molecule has 1 saturated carbocycles. The van der Waals surface area contributed by atoms with Crippen molar-refractivity contribution in [2.45, 2.75) is 57.8 Å². The molecule has 0 saturated heterocycles. The zero-order chi connectivity index (χ0) is 24.9. The van der Waals surface area contributed by atoms with Gasteiger partial charge in [-0.2, -0.15) is 0 Å². The second-order valence-electron chi connectivity index (χ2n) is 8.81. The zero-order valence-corrected chi connectivity index (χ0v) is 19.5. The molecule has 0 amide bonds. The van der Waals surface area contributed by atoms with Crippen LogP contribution in [0.3, 0.4) is 0 Å². The van der Waals surface area contributed by atoms with Gasteiger partial charge in [-0.25, -0.2) is 17.6 Å². The first-order chi connectivity index (χ1) is 16.9. The average Bonchev–Trinajstić information content (AvgIpc) is 2.87. The summed E-state index contributed by atoms with van der Waals surface area (Å²) >= 11 is 0. The highest BCUT2D eigenvalue weighted by Crippen LogP contribution is 2.38. The molecule has 3 nitrogen and oxygen atoms in total. The lowest BCUT2D eigenvalue weighted by Crippen LogP contribution is -2.22. The Labute approximate surface area is 202 Å². The quantitative estimate of drug-likeness (QED) is 0.336. The van der Waals surface area contributed by atoms with Crippen LogP contribution in [0.15, 0.2) is 48.5 Å². The van der Waals surface area contributed by atoms with Crippen molar-refractivity contribution in [1.82, 2.24) is 0 Å². The van der Waals surface area contributed by atoms with Gasteiger partial charge in [0.05, 0.1) is 19.3 Å². The molecule has 0 bridgehead atoms. The predicted molar refractivity (Wildman–Crippen MR) is 125 cm³/mol. The predicted octanol–water partition coefficient (Wildman–Crippen LogP) is 7.40. The Kier molecular flexibility index (Phi) is 8.08. The average molecular weight is 489 g/mol. The maximum Gasteiger partial charge on any atom is 0.166 e. The van der Waals surface area contributed by atoms with Crippen molar-refractivity contribution in [3.05, 3.63) is 88.5 Å². The van der Waals surface area contributed by atoms with Gasteiger partial charge in [-0.15, -0.1) is 0 Å². The van der Waals surface area contributed by atoms with Gasteiger partial charge in [0.25, 0.3) is 0 Å². The normalized spacial score (nSPS) is 18.1. The van der Waals surface area contributed by atoms with Crippen LogP contribution in [0.25, 0.3) is 11.1 Å². The molecular formula is C28H28F4O3. The van der Waals surface area contributed by atoms with E-state index in [4.69, 9.17) is 9.47 Å². The minimum atomic E-state index is -0.929. The highest BCUT2D eigenvalue weighted by molar-refractivity contribution is 5.65. The molecule has 0 unspecified atom stereocenters. The first-order valence-corrected chi connectivity index (χ1v) is 11.8. The van der Waals surface area contributed by atoms with Crippen LogP contribution in [0, 0.1) is 23.3 Å². The van der Waals surface area contributed by atoms with Crippen molar-refractivity contribution in [3.63, 3.8) is 0 Å². The van der Waals surface area contributed by atoms with Crippen molar-refractivity contribution in [2.24, 2.45) is 0 Å². The molecule has 0 aromatic heterocycles. The van der Waals surface area contributed by atoms with Crippen LogP contribution < -0.4 is 0 Å². The van der Waals surface area contributed by atoms with Gasteiger partial charge in [-0.05, 0) is 61.8 Å². The maximum absolute atomic E-state index is 14.9. The number of halogens is 4. The SMILES string of the molecule is CCOCc1ccc(COC2CCC(c3ccc(-c4ccc(O)cc4)c(F)c3F)CC2)c(F)c1F. The van der Waals surface area contributed by atoms with Crippen LogP contribution >= 0.6 is 0 Å². The van der Waals surface area contributed by atoms with Gasteiger partial charge in [0.15, 0.2) is 23.3 Å². The molecule has 0 aliphatic heterocycles. The Morgan fingerprint density at radius 3 is 2.00 bits per heavy atom. The Morgan fingerprint density at radius 2 is 1.37 bits per heavy atom. The molecule has 35 heavy (non-hydrogen) atoms. The lowest BCUT2D eigenvalue weighted by atomic mass is 9.82. The lowest BCUT2D eigenvalue weighted by Gasteiger charge is -2.29. The van der Waals surface area contributed by atoms with Crippen LogP contribution in [-0.2, 0) is 22.7 Å². The minimum Gasteiger partial charge on any atom is -0.508 e. The van der Waals surface area contributed by atoms with Gasteiger partial charge in [-0.3, -0.25) is 0 Å². The smallest absolute Gasteiger partial charge is 0.166 e. The second-order valence-corrected chi connectivity index (χ2v) is 8.81. The van der Waals surface area contributed by atoms with E-state index in [1.807, 2.05) is 0 Å². The standard InChI is InChI=1S/C28H28F4O3/c1-2-34-15-19-3-4-20(26(30)25(19)29)16-35-22-11-7-18(8-12-22)24-14-13-23(27(31)28(24)32)17-5-9-21(33)10-6-17/h3-6,9-10,13-14,18,22,33H,2,7-8,11-12,15-16H2,1H3. The van der Waals surface area contributed by atoms with E-state index < -0.39 is 23.3 Å². The fourth-order valence-electron chi connectivity index (χ4n) is 4.56. The van der Waals surface area contributed by atoms with Crippen LogP contribution in [0.5, 0.6) is 5.75 Å². The summed E-state index contributed by atoms with van der Waals surface area (Å²) in [6, 6.07) is 12.1. The van der Waals surface area contributed by atoms with E-state index in [1.165, 1.54) is 36.4 Å². The topological polar surface area (TPSA) is 38.7 Å². The molecule has 0 radical (unpaired) electrons. The number of phenols is 1. The van der Waals surface area contributed by atoms with Crippen molar-refractivity contribution in [2.75, 3.05) is 6.61 Å². The molecule has 3 aromatic rings. The fraction of sp³-hybridized carbons (Fsp3) is 0.357. The number of hydrogen-bond donors (Lipinski definition) is 1. The van der Waals surface area contributed by atoms with E-state index in [2.05, 4.69) is 0 Å². The van der Waals surface area contributed by atoms with Crippen molar-refractivity contribution >= 4 is 0 Å². The maximum atomic E-state index is 14.9. The molecule has 0 heterocycles. The summed E-state index contributed by atoms with van der Waals surface area (Å²) in [6.07, 6.45) is 2.25. The molecule has 186 valence electrons. The molecule has 3 aromatic carbocycles. The van der Waals surface area contributed by atoms with Gasteiger partial charge >= 0.3 is 0 Å². The van der Waals surface area contributed by atoms with Crippen LogP contribution in [-0.4, -0.2) is 17.8 Å². The molecule has 0 atom stereocenters. The molecule has 1 aliphatic rings. The third-order valence-corrected chi connectivity index (χ3v) is 6.58. The summed E-state index contributed by atoms with van der Waals surface area (Å²) in [5, 5.41) is 9.41. The van der Waals surface area contributed by atoms with Gasteiger partial charge in [0.1, 0.15) is 5.75 Å². The summed E-state index contributed by atoms with van der Waals surface area (Å²) in [4.78, 5) is 0. The Hall–Kier alpha value is -2.90. The van der Waals surface area contributed by atoms with Crippen molar-refractivity contribution in [3.8, 4) is 16.9 Å². The highest BCUT2D eigenvalue weighted by Gasteiger charge is 2.27. The van der Waals surface area contributed by atoms with E-state index >= 15 is 0 Å². The van der Waals surface area contributed by atoms with E-state index in [0.29, 0.717) is 43.4 Å². The highest BCUT2D eigenvalue weighted by atomic mass is 19.2. The summed E-state index contributed by atoms with van der Waals surface area (Å²) in [5.74, 6) is -3.71. The molecule has 1 fully saturated rings. The summed E-state index contributed by atoms with van der Waals surface area (Å²) in [5.41, 5.74) is 1.27. The number of hydrogen-bond acceptors (Lipinski definition) is 3. The van der Waals surface area contributed by atoms with Crippen LogP contribution in [0.1, 0.15) is 55.2 Å². The van der Waals surface area contributed by atoms with E-state index in [-0.39, 0.29) is 47.7 Å². The monoisotopic (exact) mass is 488 g/mol. The van der Waals surface area contributed by atoms with Gasteiger partial charge in [-0.1, -0.05) is 36.4 Å². The number of phenolic OH excluding ortho intramolecular Hbond substituents is 1.